The molecule has 0 aliphatic heterocycles. The standard InChI is InChI=1S/Hg.H3O4P/c;1-5(2,3)4/h;(H3,1,2,3,4)/q+3;/p-3. The maximum Gasteiger partial charge on any atom is 3.00 e. The maximum absolute atomic E-state index is 8.55. The van der Waals surface area contributed by atoms with Gasteiger partial charge in [-0.25, -0.2) is 0 Å². The third kappa shape index (κ3) is 75.6. The maximum atomic E-state index is 8.55. The Kier molecular flexibility index (Phi) is 5.23. The molecule has 0 aromatic heterocycles. The van der Waals surface area contributed by atoms with Gasteiger partial charge in [0.1, 0.15) is 0 Å². The van der Waals surface area contributed by atoms with Gasteiger partial charge in [0.25, 0.3) is 0 Å². The van der Waals surface area contributed by atoms with Crippen LogP contribution < -0.4 is 14.7 Å². The number of hydrogen-bond donors (Lipinski definition) is 0. The fraction of sp³-hybridized carbons (Fsp3) is 0. The Labute approximate surface area is 54.9 Å². The molecule has 0 bridgehead atoms. The van der Waals surface area contributed by atoms with E-state index in [0.717, 1.165) is 0 Å². The van der Waals surface area contributed by atoms with Crippen LogP contribution in [0.15, 0.2) is 0 Å². The summed E-state index contributed by atoms with van der Waals surface area (Å²) in [5.74, 6) is 0. The first kappa shape index (κ1) is 10.1. The van der Waals surface area contributed by atoms with Crippen LogP contribution >= 0.6 is 7.82 Å². The third-order valence-corrected chi connectivity index (χ3v) is 0. The molecule has 4 nitrogen and oxygen atoms in total. The fourth-order valence-corrected chi connectivity index (χ4v) is 0. The number of hydrogen-bond acceptors (Lipinski definition) is 4. The second-order valence-electron chi connectivity index (χ2n) is 0.447. The van der Waals surface area contributed by atoms with E-state index in [2.05, 4.69) is 0 Å². The van der Waals surface area contributed by atoms with E-state index in [1.165, 1.54) is 0 Å². The predicted molar refractivity (Wildman–Crippen MR) is 7.61 cm³/mol. The summed E-state index contributed by atoms with van der Waals surface area (Å²) in [6, 6.07) is 0. The summed E-state index contributed by atoms with van der Waals surface area (Å²) in [6.07, 6.45) is 0. The van der Waals surface area contributed by atoms with Gasteiger partial charge in [0.2, 0.25) is 0 Å². The van der Waals surface area contributed by atoms with Crippen LogP contribution in [0.1, 0.15) is 0 Å². The van der Waals surface area contributed by atoms with Crippen molar-refractivity contribution in [3.05, 3.63) is 0 Å². The average molecular weight is 296 g/mol. The summed E-state index contributed by atoms with van der Waals surface area (Å²) in [6.45, 7) is 0. The molecule has 0 N–H and O–H groups in total. The topological polar surface area (TPSA) is 86.2 Å². The summed E-state index contributed by atoms with van der Waals surface area (Å²) >= 11 is 0. The van der Waals surface area contributed by atoms with Crippen LogP contribution in [0.4, 0.5) is 0 Å². The molecule has 0 atom stereocenters. The van der Waals surface area contributed by atoms with Gasteiger partial charge in [0.05, 0.1) is 0 Å². The molecule has 0 saturated heterocycles. The molecule has 0 unspecified atom stereocenters. The Balaban J connectivity index is 0. The van der Waals surface area contributed by atoms with Gasteiger partial charge in [-0.15, -0.1) is 0 Å². The van der Waals surface area contributed by atoms with Crippen molar-refractivity contribution in [2.24, 2.45) is 0 Å². The van der Waals surface area contributed by atoms with E-state index in [1.54, 1.807) is 0 Å². The van der Waals surface area contributed by atoms with Crippen LogP contribution in [0, 0.1) is 0 Å². The Hall–Kier alpha value is 1.05. The molecule has 31 valence electrons. The van der Waals surface area contributed by atoms with E-state index < -0.39 is 7.82 Å². The molecule has 6 heteroatoms. The van der Waals surface area contributed by atoms with Gasteiger partial charge in [0.15, 0.2) is 0 Å². The largest absolute Gasteiger partial charge is 3.00 e. The molecule has 0 aliphatic rings. The zero-order chi connectivity index (χ0) is 4.50. The quantitative estimate of drug-likeness (QED) is 0.356. The molecule has 0 saturated carbocycles. The first-order chi connectivity index (χ1) is 2.00. The van der Waals surface area contributed by atoms with Crippen LogP contribution in [0.25, 0.3) is 0 Å². The molecule has 6 heavy (non-hydrogen) atoms. The summed E-state index contributed by atoms with van der Waals surface area (Å²) in [7, 11) is -5.39. The SMILES string of the molecule is O=P([O-])([O-])[O-].[Hg+3]. The Morgan fingerprint density at radius 2 is 1.17 bits per heavy atom. The van der Waals surface area contributed by atoms with E-state index in [4.69, 9.17) is 19.2 Å². The molecule has 0 aliphatic carbocycles. The zero-order valence-corrected chi connectivity index (χ0v) is 9.18. The Morgan fingerprint density at radius 1 is 1.17 bits per heavy atom. The molecule has 0 aromatic rings. The van der Waals surface area contributed by atoms with Crippen molar-refractivity contribution in [3.63, 3.8) is 0 Å². The van der Waals surface area contributed by atoms with Crippen LogP contribution in [0.2, 0.25) is 0 Å². The van der Waals surface area contributed by atoms with Crippen molar-refractivity contribution in [2.75, 3.05) is 0 Å². The van der Waals surface area contributed by atoms with Crippen LogP contribution in [0.3, 0.4) is 0 Å². The van der Waals surface area contributed by atoms with Crippen LogP contribution in [-0.4, -0.2) is 0 Å². The Bertz CT molecular complexity index is 53.7. The third-order valence-electron chi connectivity index (χ3n) is 0. The van der Waals surface area contributed by atoms with E-state index in [1.807, 2.05) is 0 Å². The molecule has 0 aromatic carbocycles. The van der Waals surface area contributed by atoms with Gasteiger partial charge >= 0.3 is 27.7 Å². The molecular formula is HgO4P. The van der Waals surface area contributed by atoms with Gasteiger partial charge in [-0.3, -0.25) is 0 Å². The first-order valence-corrected chi connectivity index (χ1v) is 2.19. The summed E-state index contributed by atoms with van der Waals surface area (Å²) in [4.78, 5) is 25.6. The smallest absolute Gasteiger partial charge is 0.822 e. The molecule has 0 amide bonds. The fourth-order valence-electron chi connectivity index (χ4n) is 0. The first-order valence-electron chi connectivity index (χ1n) is 0.730. The summed E-state index contributed by atoms with van der Waals surface area (Å²) < 4.78 is 8.55. The second-order valence-corrected chi connectivity index (χ2v) is 1.34. The zero-order valence-electron chi connectivity index (χ0n) is 2.79. The number of rotatable bonds is 0. The van der Waals surface area contributed by atoms with Gasteiger partial charge < -0.3 is 19.2 Å². The average Bonchev–Trinajstić information content (AvgIpc) is 0.722. The van der Waals surface area contributed by atoms with Gasteiger partial charge in [-0.2, -0.15) is 7.82 Å². The van der Waals surface area contributed by atoms with Crippen molar-refractivity contribution in [1.29, 1.82) is 0 Å². The minimum absolute atomic E-state index is 0. The second kappa shape index (κ2) is 3.10. The normalized spacial score (nSPS) is 9.83. The van der Waals surface area contributed by atoms with E-state index in [-0.39, 0.29) is 27.7 Å². The van der Waals surface area contributed by atoms with Crippen LogP contribution in [-0.2, 0) is 32.2 Å². The number of phosphoric acid groups is 1. The molecular weight excluding hydrogens is 296 g/mol. The van der Waals surface area contributed by atoms with Gasteiger partial charge in [-0.05, 0) is 0 Å². The minimum Gasteiger partial charge on any atom is -0.822 e. The van der Waals surface area contributed by atoms with Crippen molar-refractivity contribution in [1.82, 2.24) is 0 Å². The van der Waals surface area contributed by atoms with Crippen molar-refractivity contribution >= 4 is 7.82 Å². The molecule has 0 spiro atoms. The molecule has 0 rings (SSSR count). The molecule has 0 fully saturated rings. The monoisotopic (exact) mass is 297 g/mol. The van der Waals surface area contributed by atoms with Crippen molar-refractivity contribution < 1.29 is 46.9 Å². The van der Waals surface area contributed by atoms with E-state index in [9.17, 15) is 0 Å². The van der Waals surface area contributed by atoms with E-state index >= 15 is 0 Å². The van der Waals surface area contributed by atoms with Crippen molar-refractivity contribution in [2.45, 2.75) is 0 Å². The molecule has 0 radical (unpaired) electrons. The molecule has 0 heterocycles. The van der Waals surface area contributed by atoms with Crippen LogP contribution in [0.5, 0.6) is 0 Å². The summed E-state index contributed by atoms with van der Waals surface area (Å²) in [5.41, 5.74) is 0. The predicted octanol–water partition coefficient (Wildman–Crippen LogP) is -2.83. The van der Waals surface area contributed by atoms with Crippen molar-refractivity contribution in [3.8, 4) is 0 Å². The summed E-state index contributed by atoms with van der Waals surface area (Å²) in [5, 5.41) is 0. The Morgan fingerprint density at radius 3 is 1.17 bits per heavy atom. The van der Waals surface area contributed by atoms with Gasteiger partial charge in [0, 0.05) is 0 Å². The van der Waals surface area contributed by atoms with E-state index in [0.29, 0.717) is 0 Å². The minimum atomic E-state index is -5.39. The van der Waals surface area contributed by atoms with Gasteiger partial charge in [-0.1, -0.05) is 0 Å².